The molecule has 0 radical (unpaired) electrons. The summed E-state index contributed by atoms with van der Waals surface area (Å²) in [5, 5.41) is 9.23. The minimum Gasteiger partial charge on any atom is -0.489 e. The molecule has 1 N–H and O–H groups in total. The summed E-state index contributed by atoms with van der Waals surface area (Å²) < 4.78 is 11.8. The summed E-state index contributed by atoms with van der Waals surface area (Å²) in [5.41, 5.74) is 1.64. The lowest BCUT2D eigenvalue weighted by atomic mass is 10.2. The number of aliphatic hydroxyl groups is 1. The Morgan fingerprint density at radius 3 is 2.40 bits per heavy atom. The lowest BCUT2D eigenvalue weighted by Gasteiger charge is -2.36. The molecule has 0 amide bonds. The Morgan fingerprint density at radius 1 is 1.25 bits per heavy atom. The van der Waals surface area contributed by atoms with Crippen LogP contribution in [0.5, 0.6) is 5.75 Å². The van der Waals surface area contributed by atoms with E-state index in [1.165, 1.54) is 0 Å². The molecule has 1 heterocycles. The molecule has 0 aromatic carbocycles. The molecule has 0 saturated heterocycles. The van der Waals surface area contributed by atoms with Crippen molar-refractivity contribution in [2.45, 2.75) is 52.4 Å². The van der Waals surface area contributed by atoms with Crippen LogP contribution in [0, 0.1) is 6.92 Å². The van der Waals surface area contributed by atoms with E-state index >= 15 is 0 Å². The molecule has 0 atom stereocenters. The minimum atomic E-state index is -1.70. The van der Waals surface area contributed by atoms with Crippen LogP contribution in [0.4, 0.5) is 0 Å². The van der Waals surface area contributed by atoms with Crippen molar-refractivity contribution < 1.29 is 14.3 Å². The number of aryl methyl sites for hydroxylation is 1. The maximum Gasteiger partial charge on any atom is 0.192 e. The van der Waals surface area contributed by atoms with Gasteiger partial charge in [0.15, 0.2) is 8.32 Å². The Bertz CT molecular complexity index is 441. The molecular formula is C15H27NO3Si. The van der Waals surface area contributed by atoms with E-state index in [0.717, 1.165) is 11.3 Å². The van der Waals surface area contributed by atoms with Gasteiger partial charge in [-0.2, -0.15) is 0 Å². The third kappa shape index (κ3) is 4.58. The zero-order valence-corrected chi connectivity index (χ0v) is 14.5. The van der Waals surface area contributed by atoms with Gasteiger partial charge in [-0.3, -0.25) is 4.98 Å². The highest BCUT2D eigenvalue weighted by Crippen LogP contribution is 2.36. The van der Waals surface area contributed by atoms with E-state index in [4.69, 9.17) is 14.3 Å². The van der Waals surface area contributed by atoms with E-state index in [1.54, 1.807) is 6.20 Å². The van der Waals surface area contributed by atoms with Gasteiger partial charge in [-0.15, -0.1) is 0 Å². The van der Waals surface area contributed by atoms with E-state index < -0.39 is 8.32 Å². The Balaban J connectivity index is 2.46. The number of hydrogen-bond acceptors (Lipinski definition) is 4. The topological polar surface area (TPSA) is 51.6 Å². The quantitative estimate of drug-likeness (QED) is 0.646. The third-order valence-electron chi connectivity index (χ3n) is 3.89. The van der Waals surface area contributed by atoms with Crippen molar-refractivity contribution in [1.29, 1.82) is 0 Å². The number of aliphatic hydroxyl groups excluding tert-OH is 1. The number of ether oxygens (including phenoxy) is 1. The van der Waals surface area contributed by atoms with Gasteiger partial charge in [0.25, 0.3) is 0 Å². The number of pyridine rings is 1. The number of hydrogen-bond donors (Lipinski definition) is 1. The number of nitrogens with zero attached hydrogens (tertiary/aromatic N) is 1. The summed E-state index contributed by atoms with van der Waals surface area (Å²) >= 11 is 0. The molecule has 1 aromatic heterocycles. The number of rotatable bonds is 6. The highest BCUT2D eigenvalue weighted by Gasteiger charge is 2.36. The average molecular weight is 297 g/mol. The first-order valence-electron chi connectivity index (χ1n) is 7.00. The van der Waals surface area contributed by atoms with Crippen molar-refractivity contribution in [3.63, 3.8) is 0 Å². The minimum absolute atomic E-state index is 0.0460. The van der Waals surface area contributed by atoms with Crippen LogP contribution in [0.25, 0.3) is 0 Å². The first-order chi connectivity index (χ1) is 9.17. The van der Waals surface area contributed by atoms with Crippen molar-refractivity contribution in [3.05, 3.63) is 23.5 Å². The molecule has 0 aliphatic carbocycles. The van der Waals surface area contributed by atoms with Gasteiger partial charge in [0.1, 0.15) is 12.4 Å². The molecule has 1 rings (SSSR count). The van der Waals surface area contributed by atoms with Crippen LogP contribution in [0.2, 0.25) is 18.1 Å². The molecule has 0 saturated carbocycles. The molecule has 4 nitrogen and oxygen atoms in total. The molecule has 114 valence electrons. The van der Waals surface area contributed by atoms with Crippen LogP contribution in [0.3, 0.4) is 0 Å². The number of aromatic nitrogens is 1. The molecule has 0 spiro atoms. The summed E-state index contributed by atoms with van der Waals surface area (Å²) in [4.78, 5) is 4.12. The molecule has 0 unspecified atom stereocenters. The van der Waals surface area contributed by atoms with Gasteiger partial charge in [0, 0.05) is 0 Å². The summed E-state index contributed by atoms with van der Waals surface area (Å²) in [6, 6.07) is 1.84. The normalized spacial score (nSPS) is 12.6. The van der Waals surface area contributed by atoms with Gasteiger partial charge in [0.2, 0.25) is 0 Å². The second-order valence-electron chi connectivity index (χ2n) is 6.56. The fourth-order valence-corrected chi connectivity index (χ4v) is 2.53. The highest BCUT2D eigenvalue weighted by molar-refractivity contribution is 6.74. The molecule has 0 aliphatic heterocycles. The van der Waals surface area contributed by atoms with E-state index in [9.17, 15) is 0 Å². The zero-order valence-electron chi connectivity index (χ0n) is 13.5. The van der Waals surface area contributed by atoms with E-state index in [-0.39, 0.29) is 11.6 Å². The molecule has 1 aromatic rings. The van der Waals surface area contributed by atoms with Crippen LogP contribution in [-0.4, -0.2) is 31.6 Å². The standard InChI is InChI=1S/C15H27NO3Si/c1-12-9-13(11-17)16-10-14(12)18-7-8-19-20(5,6)15(2,3)4/h9-10,17H,7-8,11H2,1-6H3. The van der Waals surface area contributed by atoms with Gasteiger partial charge in [-0.05, 0) is 36.7 Å². The summed E-state index contributed by atoms with van der Waals surface area (Å²) in [6.07, 6.45) is 1.66. The average Bonchev–Trinajstić information content (AvgIpc) is 2.34. The van der Waals surface area contributed by atoms with Gasteiger partial charge in [-0.25, -0.2) is 0 Å². The lowest BCUT2D eigenvalue weighted by molar-refractivity contribution is 0.202. The molecule has 5 heteroatoms. The summed E-state index contributed by atoms with van der Waals surface area (Å²) in [5.74, 6) is 0.751. The van der Waals surface area contributed by atoms with Crippen molar-refractivity contribution in [1.82, 2.24) is 4.98 Å². The molecule has 0 bridgehead atoms. The fourth-order valence-electron chi connectivity index (χ4n) is 1.50. The van der Waals surface area contributed by atoms with Gasteiger partial charge in [0.05, 0.1) is 25.1 Å². The fraction of sp³-hybridized carbons (Fsp3) is 0.667. The van der Waals surface area contributed by atoms with Crippen molar-refractivity contribution >= 4 is 8.32 Å². The first-order valence-corrected chi connectivity index (χ1v) is 9.91. The lowest BCUT2D eigenvalue weighted by Crippen LogP contribution is -2.41. The van der Waals surface area contributed by atoms with Crippen molar-refractivity contribution in [3.8, 4) is 5.75 Å². The molecule has 20 heavy (non-hydrogen) atoms. The smallest absolute Gasteiger partial charge is 0.192 e. The van der Waals surface area contributed by atoms with Gasteiger partial charge in [-0.1, -0.05) is 20.8 Å². The zero-order chi connectivity index (χ0) is 15.4. The van der Waals surface area contributed by atoms with E-state index in [0.29, 0.717) is 18.9 Å². The Kier molecular flexibility index (Phi) is 5.74. The molecular weight excluding hydrogens is 270 g/mol. The Labute approximate surface area is 123 Å². The maximum atomic E-state index is 9.01. The van der Waals surface area contributed by atoms with Crippen LogP contribution in [0.1, 0.15) is 32.0 Å². The predicted molar refractivity (Wildman–Crippen MR) is 83.5 cm³/mol. The SMILES string of the molecule is Cc1cc(CO)ncc1OCCO[Si](C)(C)C(C)(C)C. The van der Waals surface area contributed by atoms with Crippen LogP contribution < -0.4 is 4.74 Å². The first kappa shape index (κ1) is 17.1. The van der Waals surface area contributed by atoms with Crippen LogP contribution in [0.15, 0.2) is 12.3 Å². The van der Waals surface area contributed by atoms with E-state index in [1.807, 2.05) is 13.0 Å². The second-order valence-corrected chi connectivity index (χ2v) is 11.4. The summed E-state index contributed by atoms with van der Waals surface area (Å²) in [7, 11) is -1.70. The second kappa shape index (κ2) is 6.69. The molecule has 0 aliphatic rings. The van der Waals surface area contributed by atoms with Gasteiger partial charge < -0.3 is 14.3 Å². The Morgan fingerprint density at radius 2 is 1.90 bits per heavy atom. The van der Waals surface area contributed by atoms with E-state index in [2.05, 4.69) is 38.8 Å². The highest BCUT2D eigenvalue weighted by atomic mass is 28.4. The van der Waals surface area contributed by atoms with Crippen molar-refractivity contribution in [2.24, 2.45) is 0 Å². The van der Waals surface area contributed by atoms with Crippen LogP contribution in [-0.2, 0) is 11.0 Å². The molecule has 0 fully saturated rings. The maximum absolute atomic E-state index is 9.01. The largest absolute Gasteiger partial charge is 0.489 e. The van der Waals surface area contributed by atoms with Gasteiger partial charge >= 0.3 is 0 Å². The third-order valence-corrected chi connectivity index (χ3v) is 8.43. The Hall–Kier alpha value is -0.913. The summed E-state index contributed by atoms with van der Waals surface area (Å²) in [6.45, 7) is 14.2. The monoisotopic (exact) mass is 297 g/mol. The van der Waals surface area contributed by atoms with Crippen LogP contribution >= 0.6 is 0 Å². The predicted octanol–water partition coefficient (Wildman–Crippen LogP) is 3.28. The van der Waals surface area contributed by atoms with Crippen molar-refractivity contribution in [2.75, 3.05) is 13.2 Å².